The van der Waals surface area contributed by atoms with Crippen LogP contribution in [0.15, 0.2) is 23.2 Å². The first-order valence-corrected chi connectivity index (χ1v) is 9.95. The quantitative estimate of drug-likeness (QED) is 0.618. The van der Waals surface area contributed by atoms with Gasteiger partial charge in [0, 0.05) is 46.3 Å². The zero-order valence-electron chi connectivity index (χ0n) is 16.8. The molecule has 150 valence electrons. The number of pyridine rings is 1. The lowest BCUT2D eigenvalue weighted by Crippen LogP contribution is -2.54. The van der Waals surface area contributed by atoms with Crippen LogP contribution >= 0.6 is 0 Å². The summed E-state index contributed by atoms with van der Waals surface area (Å²) in [5, 5.41) is 12.6. The lowest BCUT2D eigenvalue weighted by molar-refractivity contribution is -0.127. The zero-order valence-corrected chi connectivity index (χ0v) is 16.8. The highest BCUT2D eigenvalue weighted by Gasteiger charge is 2.24. The SMILES string of the molecule is CN(C)C(=O)CN=C(NC1CCCC1)N1CCN(c2cccc(C#N)n2)CC1. The summed E-state index contributed by atoms with van der Waals surface area (Å²) >= 11 is 0. The number of likely N-dealkylation sites (N-methyl/N-ethyl adjacent to an activating group) is 1. The first-order chi connectivity index (χ1) is 13.6. The van der Waals surface area contributed by atoms with Gasteiger partial charge in [0.1, 0.15) is 24.1 Å². The summed E-state index contributed by atoms with van der Waals surface area (Å²) in [5.41, 5.74) is 0.437. The molecule has 0 bridgehead atoms. The number of rotatable bonds is 4. The van der Waals surface area contributed by atoms with Crippen LogP contribution in [0, 0.1) is 11.3 Å². The maximum Gasteiger partial charge on any atom is 0.243 e. The number of aliphatic imine (C=N–C) groups is 1. The fourth-order valence-electron chi connectivity index (χ4n) is 3.58. The number of carbonyl (C=O) groups excluding carboxylic acids is 1. The summed E-state index contributed by atoms with van der Waals surface area (Å²) in [7, 11) is 3.51. The van der Waals surface area contributed by atoms with Crippen LogP contribution in [0.4, 0.5) is 5.82 Å². The van der Waals surface area contributed by atoms with E-state index in [0.717, 1.165) is 50.8 Å². The van der Waals surface area contributed by atoms with Gasteiger partial charge in [0.2, 0.25) is 5.91 Å². The molecule has 2 aliphatic rings. The molecule has 2 heterocycles. The van der Waals surface area contributed by atoms with Crippen molar-refractivity contribution in [2.45, 2.75) is 31.7 Å². The summed E-state index contributed by atoms with van der Waals surface area (Å²) < 4.78 is 0. The normalized spacial score (nSPS) is 18.1. The van der Waals surface area contributed by atoms with Crippen LogP contribution in [0.1, 0.15) is 31.4 Å². The van der Waals surface area contributed by atoms with Crippen LogP contribution in [0.2, 0.25) is 0 Å². The summed E-state index contributed by atoms with van der Waals surface area (Å²) in [4.78, 5) is 27.0. The average Bonchev–Trinajstić information content (AvgIpc) is 3.24. The van der Waals surface area contributed by atoms with Gasteiger partial charge in [-0.15, -0.1) is 0 Å². The number of nitriles is 1. The molecule has 8 nitrogen and oxygen atoms in total. The summed E-state index contributed by atoms with van der Waals surface area (Å²) in [5.74, 6) is 1.67. The molecule has 1 saturated heterocycles. The Morgan fingerprint density at radius 2 is 2.00 bits per heavy atom. The van der Waals surface area contributed by atoms with Crippen LogP contribution in [0.5, 0.6) is 0 Å². The minimum atomic E-state index is 0.00174. The summed E-state index contributed by atoms with van der Waals surface area (Å²) in [6.07, 6.45) is 4.81. The maximum atomic E-state index is 12.0. The van der Waals surface area contributed by atoms with E-state index < -0.39 is 0 Å². The third-order valence-electron chi connectivity index (χ3n) is 5.30. The van der Waals surface area contributed by atoms with Gasteiger partial charge in [0.25, 0.3) is 0 Å². The molecule has 1 aliphatic heterocycles. The summed E-state index contributed by atoms with van der Waals surface area (Å²) in [6.45, 7) is 3.36. The van der Waals surface area contributed by atoms with Gasteiger partial charge in [-0.1, -0.05) is 18.9 Å². The highest BCUT2D eigenvalue weighted by Crippen LogP contribution is 2.19. The van der Waals surface area contributed by atoms with Crippen LogP contribution in [-0.4, -0.2) is 79.5 Å². The molecule has 1 saturated carbocycles. The van der Waals surface area contributed by atoms with Crippen LogP contribution < -0.4 is 10.2 Å². The van der Waals surface area contributed by atoms with E-state index in [9.17, 15) is 4.79 Å². The van der Waals surface area contributed by atoms with Crippen LogP contribution in [0.3, 0.4) is 0 Å². The van der Waals surface area contributed by atoms with E-state index in [1.807, 2.05) is 12.1 Å². The lowest BCUT2D eigenvalue weighted by atomic mass is 10.2. The van der Waals surface area contributed by atoms with Gasteiger partial charge >= 0.3 is 0 Å². The number of nitrogens with one attached hydrogen (secondary N) is 1. The van der Waals surface area contributed by atoms with E-state index in [-0.39, 0.29) is 12.5 Å². The number of guanidine groups is 1. The van der Waals surface area contributed by atoms with Crippen LogP contribution in [-0.2, 0) is 4.79 Å². The molecule has 3 rings (SSSR count). The molecule has 1 aliphatic carbocycles. The molecular formula is C20H29N7O. The molecule has 1 N–H and O–H groups in total. The van der Waals surface area contributed by atoms with Crippen molar-refractivity contribution in [2.24, 2.45) is 4.99 Å². The van der Waals surface area contributed by atoms with E-state index in [0.29, 0.717) is 11.7 Å². The predicted octanol–water partition coefficient (Wildman–Crippen LogP) is 1.05. The Kier molecular flexibility index (Phi) is 6.69. The number of carbonyl (C=O) groups is 1. The van der Waals surface area contributed by atoms with Crippen molar-refractivity contribution in [3.8, 4) is 6.07 Å². The number of hydrogen-bond donors (Lipinski definition) is 1. The fourth-order valence-corrected chi connectivity index (χ4v) is 3.58. The highest BCUT2D eigenvalue weighted by molar-refractivity contribution is 5.85. The van der Waals surface area contributed by atoms with Crippen molar-refractivity contribution >= 4 is 17.7 Å². The molecule has 0 radical (unpaired) electrons. The van der Waals surface area contributed by atoms with Crippen molar-refractivity contribution in [3.63, 3.8) is 0 Å². The van der Waals surface area contributed by atoms with Crippen molar-refractivity contribution in [1.29, 1.82) is 5.26 Å². The molecule has 0 atom stereocenters. The zero-order chi connectivity index (χ0) is 19.9. The second kappa shape index (κ2) is 9.40. The Labute approximate surface area is 166 Å². The molecular weight excluding hydrogens is 354 g/mol. The largest absolute Gasteiger partial charge is 0.353 e. The van der Waals surface area contributed by atoms with Gasteiger partial charge in [0.05, 0.1) is 0 Å². The van der Waals surface area contributed by atoms with Gasteiger partial charge in [0.15, 0.2) is 5.96 Å². The molecule has 28 heavy (non-hydrogen) atoms. The number of amides is 1. The second-order valence-electron chi connectivity index (χ2n) is 7.52. The lowest BCUT2D eigenvalue weighted by Gasteiger charge is -2.38. The van der Waals surface area contributed by atoms with Crippen LogP contribution in [0.25, 0.3) is 0 Å². The topological polar surface area (TPSA) is 87.9 Å². The minimum absolute atomic E-state index is 0.00174. The Morgan fingerprint density at radius 3 is 2.64 bits per heavy atom. The number of anilines is 1. The first-order valence-electron chi connectivity index (χ1n) is 9.95. The Bertz CT molecular complexity index is 741. The first kappa shape index (κ1) is 19.9. The van der Waals surface area contributed by atoms with Gasteiger partial charge in [-0.05, 0) is 25.0 Å². The van der Waals surface area contributed by atoms with E-state index in [2.05, 4.69) is 31.2 Å². The van der Waals surface area contributed by atoms with Crippen molar-refractivity contribution in [2.75, 3.05) is 51.7 Å². The minimum Gasteiger partial charge on any atom is -0.353 e. The number of aromatic nitrogens is 1. The third kappa shape index (κ3) is 5.12. The van der Waals surface area contributed by atoms with Crippen molar-refractivity contribution in [1.82, 2.24) is 20.1 Å². The summed E-state index contributed by atoms with van der Waals surface area (Å²) in [6, 6.07) is 8.07. The molecule has 8 heteroatoms. The Morgan fingerprint density at radius 1 is 1.29 bits per heavy atom. The van der Waals surface area contributed by atoms with Gasteiger partial charge < -0.3 is 20.0 Å². The number of nitrogens with zero attached hydrogens (tertiary/aromatic N) is 6. The van der Waals surface area contributed by atoms with Gasteiger partial charge in [-0.25, -0.2) is 9.98 Å². The number of hydrogen-bond acceptors (Lipinski definition) is 5. The molecule has 0 spiro atoms. The molecule has 1 aromatic rings. The monoisotopic (exact) mass is 383 g/mol. The fraction of sp³-hybridized carbons (Fsp3) is 0.600. The van der Waals surface area contributed by atoms with E-state index in [1.165, 1.54) is 12.8 Å². The van der Waals surface area contributed by atoms with Gasteiger partial charge in [-0.3, -0.25) is 4.79 Å². The van der Waals surface area contributed by atoms with Crippen molar-refractivity contribution in [3.05, 3.63) is 23.9 Å². The van der Waals surface area contributed by atoms with E-state index >= 15 is 0 Å². The van der Waals surface area contributed by atoms with E-state index in [4.69, 9.17) is 5.26 Å². The predicted molar refractivity (Wildman–Crippen MR) is 109 cm³/mol. The van der Waals surface area contributed by atoms with E-state index in [1.54, 1.807) is 25.1 Å². The van der Waals surface area contributed by atoms with Crippen molar-refractivity contribution < 1.29 is 4.79 Å². The second-order valence-corrected chi connectivity index (χ2v) is 7.52. The Hall–Kier alpha value is -2.82. The molecule has 2 fully saturated rings. The third-order valence-corrected chi connectivity index (χ3v) is 5.30. The van der Waals surface area contributed by atoms with Gasteiger partial charge in [-0.2, -0.15) is 5.26 Å². The number of piperazine rings is 1. The molecule has 1 aromatic heterocycles. The Balaban J connectivity index is 1.65. The maximum absolute atomic E-state index is 12.0. The molecule has 0 aromatic carbocycles. The molecule has 0 unspecified atom stereocenters. The molecule has 1 amide bonds. The smallest absolute Gasteiger partial charge is 0.243 e. The standard InChI is InChI=1S/C20H29N7O/c1-25(2)19(28)15-22-20(24-16-6-3-4-7-16)27-12-10-26(11-13-27)18-9-5-8-17(14-21)23-18/h5,8-9,16H,3-4,6-7,10-13,15H2,1-2H3,(H,22,24). The highest BCUT2D eigenvalue weighted by atomic mass is 16.2. The average molecular weight is 384 g/mol.